The molecule has 47 heavy (non-hydrogen) atoms. The Bertz CT molecular complexity index is 2320. The van der Waals surface area contributed by atoms with E-state index in [-0.39, 0.29) is 5.41 Å². The number of rotatable bonds is 5. The zero-order chi connectivity index (χ0) is 31.5. The molecule has 1 heterocycles. The number of furan rings is 1. The number of nitrogens with zero attached hydrogens (tertiary/aromatic N) is 1. The molecule has 0 bridgehead atoms. The second kappa shape index (κ2) is 10.6. The summed E-state index contributed by atoms with van der Waals surface area (Å²) >= 11 is 0. The van der Waals surface area contributed by atoms with Gasteiger partial charge < -0.3 is 9.32 Å². The average molecular weight is 604 g/mol. The van der Waals surface area contributed by atoms with Crippen LogP contribution in [0.1, 0.15) is 25.0 Å². The van der Waals surface area contributed by atoms with Crippen molar-refractivity contribution < 1.29 is 4.42 Å². The molecule has 9 rings (SSSR count). The lowest BCUT2D eigenvalue weighted by atomic mass is 9.80. The molecule has 224 valence electrons. The Balaban J connectivity index is 1.22. The van der Waals surface area contributed by atoms with Crippen molar-refractivity contribution in [2.24, 2.45) is 0 Å². The summed E-state index contributed by atoms with van der Waals surface area (Å²) in [6, 6.07) is 58.7. The summed E-state index contributed by atoms with van der Waals surface area (Å²) < 4.78 is 6.53. The molecule has 1 aromatic heterocycles. The van der Waals surface area contributed by atoms with Crippen LogP contribution >= 0.6 is 0 Å². The summed E-state index contributed by atoms with van der Waals surface area (Å²) in [6.07, 6.45) is 0. The van der Waals surface area contributed by atoms with E-state index in [9.17, 15) is 0 Å². The van der Waals surface area contributed by atoms with Gasteiger partial charge in [-0.1, -0.05) is 129 Å². The number of anilines is 3. The molecule has 2 nitrogen and oxygen atoms in total. The summed E-state index contributed by atoms with van der Waals surface area (Å²) in [7, 11) is 0. The zero-order valence-electron chi connectivity index (χ0n) is 26.4. The Hall–Kier alpha value is -5.86. The Labute approximate surface area is 275 Å². The van der Waals surface area contributed by atoms with E-state index in [2.05, 4.69) is 183 Å². The van der Waals surface area contributed by atoms with Crippen molar-refractivity contribution in [1.82, 2.24) is 0 Å². The van der Waals surface area contributed by atoms with Crippen LogP contribution in [0.25, 0.3) is 55.3 Å². The molecule has 1 aliphatic rings. The van der Waals surface area contributed by atoms with Crippen molar-refractivity contribution in [3.8, 4) is 33.4 Å². The van der Waals surface area contributed by atoms with Crippen LogP contribution < -0.4 is 4.90 Å². The van der Waals surface area contributed by atoms with Gasteiger partial charge in [0.05, 0.1) is 0 Å². The molecule has 0 radical (unpaired) electrons. The van der Waals surface area contributed by atoms with E-state index in [0.717, 1.165) is 33.6 Å². The van der Waals surface area contributed by atoms with Gasteiger partial charge in [0, 0.05) is 33.2 Å². The van der Waals surface area contributed by atoms with E-state index in [1.807, 2.05) is 0 Å². The van der Waals surface area contributed by atoms with Crippen molar-refractivity contribution in [2.75, 3.05) is 4.90 Å². The zero-order valence-corrected chi connectivity index (χ0v) is 26.4. The predicted octanol–water partition coefficient (Wildman–Crippen LogP) is 12.7. The molecule has 0 saturated heterocycles. The first-order chi connectivity index (χ1) is 23.1. The van der Waals surface area contributed by atoms with E-state index in [1.54, 1.807) is 0 Å². The third kappa shape index (κ3) is 4.40. The van der Waals surface area contributed by atoms with E-state index >= 15 is 0 Å². The van der Waals surface area contributed by atoms with Crippen LogP contribution in [-0.4, -0.2) is 0 Å². The Morgan fingerprint density at radius 3 is 1.57 bits per heavy atom. The van der Waals surface area contributed by atoms with Crippen molar-refractivity contribution in [1.29, 1.82) is 0 Å². The van der Waals surface area contributed by atoms with Gasteiger partial charge in [0.15, 0.2) is 0 Å². The van der Waals surface area contributed by atoms with Gasteiger partial charge in [-0.25, -0.2) is 0 Å². The van der Waals surface area contributed by atoms with E-state index in [1.165, 1.54) is 49.9 Å². The molecular formula is C45H33NO. The monoisotopic (exact) mass is 603 g/mol. The van der Waals surface area contributed by atoms with E-state index in [0.29, 0.717) is 0 Å². The molecule has 2 heteroatoms. The molecule has 0 amide bonds. The number of hydrogen-bond acceptors (Lipinski definition) is 2. The normalized spacial score (nSPS) is 13.1. The molecule has 0 aliphatic heterocycles. The highest BCUT2D eigenvalue weighted by Gasteiger charge is 2.38. The van der Waals surface area contributed by atoms with E-state index in [4.69, 9.17) is 4.42 Å². The lowest BCUT2D eigenvalue weighted by Gasteiger charge is -2.26. The third-order valence-corrected chi connectivity index (χ3v) is 9.86. The maximum absolute atomic E-state index is 6.53. The van der Waals surface area contributed by atoms with Crippen LogP contribution in [-0.2, 0) is 5.41 Å². The first-order valence-corrected chi connectivity index (χ1v) is 16.3. The quantitative estimate of drug-likeness (QED) is 0.195. The molecule has 0 saturated carbocycles. The van der Waals surface area contributed by atoms with Crippen LogP contribution in [0.4, 0.5) is 17.1 Å². The van der Waals surface area contributed by atoms with Gasteiger partial charge in [-0.2, -0.15) is 0 Å². The van der Waals surface area contributed by atoms with Crippen molar-refractivity contribution in [3.63, 3.8) is 0 Å². The fourth-order valence-corrected chi connectivity index (χ4v) is 7.58. The molecule has 7 aromatic carbocycles. The molecule has 0 fully saturated rings. The van der Waals surface area contributed by atoms with Gasteiger partial charge in [-0.3, -0.25) is 0 Å². The fraction of sp³-hybridized carbons (Fsp3) is 0.0667. The average Bonchev–Trinajstić information content (AvgIpc) is 3.61. The van der Waals surface area contributed by atoms with Gasteiger partial charge >= 0.3 is 0 Å². The minimum absolute atomic E-state index is 0.140. The lowest BCUT2D eigenvalue weighted by molar-refractivity contribution is 0.657. The third-order valence-electron chi connectivity index (χ3n) is 9.86. The van der Waals surface area contributed by atoms with Crippen LogP contribution in [0.2, 0.25) is 0 Å². The maximum Gasteiger partial charge on any atom is 0.135 e. The number of hydrogen-bond donors (Lipinski definition) is 0. The Morgan fingerprint density at radius 1 is 0.447 bits per heavy atom. The highest BCUT2D eigenvalue weighted by atomic mass is 16.3. The first kappa shape index (κ1) is 27.5. The fourth-order valence-electron chi connectivity index (χ4n) is 7.58. The standard InChI is InChI=1S/C45H33NO/c1-45(2)40-16-10-9-15-37(40)38-26-28-42-43(44(38)45)39-29-36(25-27-41(39)47-42)46(34-21-17-32(18-22-34)30-11-5-3-6-12-30)35-23-19-33(20-24-35)31-13-7-4-8-14-31/h3-29H,1-2H3. The van der Waals surface area contributed by atoms with Crippen molar-refractivity contribution in [3.05, 3.63) is 175 Å². The molecule has 1 aliphatic carbocycles. The van der Waals surface area contributed by atoms with Gasteiger partial charge in [-0.05, 0) is 93.0 Å². The lowest BCUT2D eigenvalue weighted by Crippen LogP contribution is -2.15. The maximum atomic E-state index is 6.53. The van der Waals surface area contributed by atoms with Gasteiger partial charge in [0.25, 0.3) is 0 Å². The SMILES string of the molecule is CC1(C)c2ccccc2-c2ccc3oc4ccc(N(c5ccc(-c6ccccc6)cc5)c5ccc(-c6ccccc6)cc5)cc4c3c21. The highest BCUT2D eigenvalue weighted by Crippen LogP contribution is 2.53. The number of fused-ring (bicyclic) bond motifs is 7. The molecule has 0 unspecified atom stereocenters. The summed E-state index contributed by atoms with van der Waals surface area (Å²) in [4.78, 5) is 2.35. The molecule has 0 atom stereocenters. The first-order valence-electron chi connectivity index (χ1n) is 16.3. The van der Waals surface area contributed by atoms with Crippen LogP contribution in [0.3, 0.4) is 0 Å². The predicted molar refractivity (Wildman–Crippen MR) is 197 cm³/mol. The smallest absolute Gasteiger partial charge is 0.135 e. The highest BCUT2D eigenvalue weighted by molar-refractivity contribution is 6.12. The van der Waals surface area contributed by atoms with Crippen molar-refractivity contribution >= 4 is 39.0 Å². The largest absolute Gasteiger partial charge is 0.456 e. The topological polar surface area (TPSA) is 16.4 Å². The Morgan fingerprint density at radius 2 is 0.957 bits per heavy atom. The van der Waals surface area contributed by atoms with E-state index < -0.39 is 0 Å². The minimum Gasteiger partial charge on any atom is -0.456 e. The second-order valence-corrected chi connectivity index (χ2v) is 13.0. The Kier molecular flexibility index (Phi) is 6.20. The molecule has 8 aromatic rings. The van der Waals surface area contributed by atoms with Gasteiger partial charge in [-0.15, -0.1) is 0 Å². The summed E-state index contributed by atoms with van der Waals surface area (Å²) in [5.74, 6) is 0. The van der Waals surface area contributed by atoms with Crippen LogP contribution in [0.15, 0.2) is 168 Å². The second-order valence-electron chi connectivity index (χ2n) is 13.0. The van der Waals surface area contributed by atoms with Crippen molar-refractivity contribution in [2.45, 2.75) is 19.3 Å². The van der Waals surface area contributed by atoms with Crippen LogP contribution in [0.5, 0.6) is 0 Å². The van der Waals surface area contributed by atoms with Gasteiger partial charge in [0.1, 0.15) is 11.2 Å². The molecule has 0 spiro atoms. The number of benzene rings is 7. The van der Waals surface area contributed by atoms with Gasteiger partial charge in [0.2, 0.25) is 0 Å². The molecular weight excluding hydrogens is 571 g/mol. The summed E-state index contributed by atoms with van der Waals surface area (Å²) in [6.45, 7) is 4.68. The minimum atomic E-state index is -0.140. The summed E-state index contributed by atoms with van der Waals surface area (Å²) in [5.41, 5.74) is 15.1. The van der Waals surface area contributed by atoms with Crippen LogP contribution in [0, 0.1) is 0 Å². The molecule has 0 N–H and O–H groups in total. The summed E-state index contributed by atoms with van der Waals surface area (Å²) in [5, 5.41) is 2.35.